The molecule has 1 heterocycles. The fourth-order valence-electron chi connectivity index (χ4n) is 1.37. The SMILES string of the molecule is COCCN1CC=C(N)CCC1. The van der Waals surface area contributed by atoms with Crippen molar-refractivity contribution in [2.45, 2.75) is 12.8 Å². The molecule has 0 radical (unpaired) electrons. The van der Waals surface area contributed by atoms with Gasteiger partial charge in [0.15, 0.2) is 0 Å². The third-order valence-electron chi connectivity index (χ3n) is 2.16. The number of hydrogen-bond donors (Lipinski definition) is 1. The normalized spacial score (nSPS) is 20.2. The minimum absolute atomic E-state index is 0.813. The topological polar surface area (TPSA) is 38.5 Å². The van der Waals surface area contributed by atoms with Crippen LogP contribution in [0.3, 0.4) is 0 Å². The van der Waals surface area contributed by atoms with Crippen molar-refractivity contribution in [3.05, 3.63) is 11.8 Å². The van der Waals surface area contributed by atoms with E-state index >= 15 is 0 Å². The number of nitrogens with zero attached hydrogens (tertiary/aromatic N) is 1. The van der Waals surface area contributed by atoms with Crippen molar-refractivity contribution in [2.75, 3.05) is 33.4 Å². The molecule has 0 aromatic rings. The second-order valence-electron chi connectivity index (χ2n) is 3.18. The lowest BCUT2D eigenvalue weighted by molar-refractivity contribution is 0.155. The summed E-state index contributed by atoms with van der Waals surface area (Å²) in [5.41, 5.74) is 6.77. The van der Waals surface area contributed by atoms with E-state index in [1.54, 1.807) is 7.11 Å². The maximum Gasteiger partial charge on any atom is 0.0589 e. The van der Waals surface area contributed by atoms with Crippen LogP contribution in [0.2, 0.25) is 0 Å². The lowest BCUT2D eigenvalue weighted by Crippen LogP contribution is -2.27. The maximum absolute atomic E-state index is 5.73. The van der Waals surface area contributed by atoms with E-state index in [2.05, 4.69) is 11.0 Å². The molecule has 1 rings (SSSR count). The average molecular weight is 170 g/mol. The van der Waals surface area contributed by atoms with Crippen molar-refractivity contribution in [1.29, 1.82) is 0 Å². The van der Waals surface area contributed by atoms with Gasteiger partial charge in [-0.3, -0.25) is 4.90 Å². The summed E-state index contributed by atoms with van der Waals surface area (Å²) in [6.45, 7) is 3.95. The Kier molecular flexibility index (Phi) is 4.11. The number of nitrogens with two attached hydrogens (primary N) is 1. The Morgan fingerprint density at radius 1 is 1.67 bits per heavy atom. The van der Waals surface area contributed by atoms with Crippen molar-refractivity contribution < 1.29 is 4.74 Å². The predicted octanol–water partition coefficient (Wildman–Crippen LogP) is 0.571. The lowest BCUT2D eigenvalue weighted by atomic mass is 10.2. The van der Waals surface area contributed by atoms with E-state index in [1.807, 2.05) is 0 Å². The van der Waals surface area contributed by atoms with Crippen molar-refractivity contribution in [3.63, 3.8) is 0 Å². The third-order valence-corrected chi connectivity index (χ3v) is 2.16. The average Bonchev–Trinajstić information content (AvgIpc) is 2.27. The highest BCUT2D eigenvalue weighted by molar-refractivity contribution is 5.00. The zero-order valence-electron chi connectivity index (χ0n) is 7.75. The largest absolute Gasteiger partial charge is 0.402 e. The van der Waals surface area contributed by atoms with E-state index in [0.29, 0.717) is 0 Å². The van der Waals surface area contributed by atoms with E-state index in [-0.39, 0.29) is 0 Å². The minimum Gasteiger partial charge on any atom is -0.402 e. The van der Waals surface area contributed by atoms with Gasteiger partial charge in [-0.2, -0.15) is 0 Å². The molecule has 0 atom stereocenters. The highest BCUT2D eigenvalue weighted by Crippen LogP contribution is 2.06. The minimum atomic E-state index is 0.813. The molecule has 0 aliphatic carbocycles. The van der Waals surface area contributed by atoms with Gasteiger partial charge in [-0.05, 0) is 19.4 Å². The second-order valence-corrected chi connectivity index (χ2v) is 3.18. The molecule has 0 saturated carbocycles. The number of methoxy groups -OCH3 is 1. The molecule has 1 aliphatic heterocycles. The molecule has 12 heavy (non-hydrogen) atoms. The van der Waals surface area contributed by atoms with Gasteiger partial charge in [-0.25, -0.2) is 0 Å². The molecule has 0 bridgehead atoms. The van der Waals surface area contributed by atoms with Crippen molar-refractivity contribution in [2.24, 2.45) is 5.73 Å². The summed E-state index contributed by atoms with van der Waals surface area (Å²) >= 11 is 0. The molecule has 70 valence electrons. The Hall–Kier alpha value is -0.540. The van der Waals surface area contributed by atoms with Crippen LogP contribution in [-0.4, -0.2) is 38.3 Å². The van der Waals surface area contributed by atoms with Gasteiger partial charge < -0.3 is 10.5 Å². The summed E-state index contributed by atoms with van der Waals surface area (Å²) in [5, 5.41) is 0. The van der Waals surface area contributed by atoms with Gasteiger partial charge in [0.05, 0.1) is 6.61 Å². The molecule has 0 aromatic carbocycles. The van der Waals surface area contributed by atoms with Gasteiger partial charge in [0.1, 0.15) is 0 Å². The summed E-state index contributed by atoms with van der Waals surface area (Å²) in [6.07, 6.45) is 4.33. The molecule has 2 N–H and O–H groups in total. The molecule has 0 spiro atoms. The van der Waals surface area contributed by atoms with Crippen molar-refractivity contribution >= 4 is 0 Å². The van der Waals surface area contributed by atoms with Crippen LogP contribution >= 0.6 is 0 Å². The Balaban J connectivity index is 2.26. The Morgan fingerprint density at radius 3 is 3.25 bits per heavy atom. The van der Waals surface area contributed by atoms with Crippen molar-refractivity contribution in [3.8, 4) is 0 Å². The van der Waals surface area contributed by atoms with Crippen LogP contribution in [0.15, 0.2) is 11.8 Å². The van der Waals surface area contributed by atoms with Gasteiger partial charge in [-0.15, -0.1) is 0 Å². The lowest BCUT2D eigenvalue weighted by Gasteiger charge is -2.17. The quantitative estimate of drug-likeness (QED) is 0.673. The molecule has 0 fully saturated rings. The van der Waals surface area contributed by atoms with Crippen LogP contribution in [0.4, 0.5) is 0 Å². The zero-order chi connectivity index (χ0) is 8.81. The van der Waals surface area contributed by atoms with Crippen molar-refractivity contribution in [1.82, 2.24) is 4.90 Å². The van der Waals surface area contributed by atoms with Gasteiger partial charge in [0.2, 0.25) is 0 Å². The molecule has 1 aliphatic rings. The van der Waals surface area contributed by atoms with E-state index in [4.69, 9.17) is 10.5 Å². The first-order chi connectivity index (χ1) is 5.83. The van der Waals surface area contributed by atoms with Crippen LogP contribution in [0, 0.1) is 0 Å². The Morgan fingerprint density at radius 2 is 2.50 bits per heavy atom. The van der Waals surface area contributed by atoms with Crippen LogP contribution in [0.5, 0.6) is 0 Å². The van der Waals surface area contributed by atoms with Crippen LogP contribution < -0.4 is 5.73 Å². The van der Waals surface area contributed by atoms with Gasteiger partial charge in [0.25, 0.3) is 0 Å². The molecule has 0 saturated heterocycles. The van der Waals surface area contributed by atoms with Crippen LogP contribution in [0.1, 0.15) is 12.8 Å². The number of allylic oxidation sites excluding steroid dienone is 1. The first kappa shape index (κ1) is 9.55. The fraction of sp³-hybridized carbons (Fsp3) is 0.778. The molecule has 3 heteroatoms. The standard InChI is InChI=1S/C9H18N2O/c1-12-8-7-11-5-2-3-9(10)4-6-11/h4H,2-3,5-8,10H2,1H3. The summed E-state index contributed by atoms with van der Waals surface area (Å²) in [4.78, 5) is 2.36. The van der Waals surface area contributed by atoms with Gasteiger partial charge in [0, 0.05) is 25.9 Å². The maximum atomic E-state index is 5.73. The smallest absolute Gasteiger partial charge is 0.0589 e. The molecule has 0 amide bonds. The number of ether oxygens (including phenoxy) is 1. The number of rotatable bonds is 3. The molecule has 0 aromatic heterocycles. The first-order valence-corrected chi connectivity index (χ1v) is 4.48. The highest BCUT2D eigenvalue weighted by atomic mass is 16.5. The van der Waals surface area contributed by atoms with E-state index in [9.17, 15) is 0 Å². The monoisotopic (exact) mass is 170 g/mol. The second kappa shape index (κ2) is 5.17. The third kappa shape index (κ3) is 3.24. The fourth-order valence-corrected chi connectivity index (χ4v) is 1.37. The summed E-state index contributed by atoms with van der Waals surface area (Å²) in [7, 11) is 1.74. The summed E-state index contributed by atoms with van der Waals surface area (Å²) in [6, 6.07) is 0. The van der Waals surface area contributed by atoms with E-state index < -0.39 is 0 Å². The summed E-state index contributed by atoms with van der Waals surface area (Å²) < 4.78 is 5.02. The Bertz CT molecular complexity index is 157. The molecular weight excluding hydrogens is 152 g/mol. The molecular formula is C9H18N2O. The predicted molar refractivity (Wildman–Crippen MR) is 49.8 cm³/mol. The van der Waals surface area contributed by atoms with Gasteiger partial charge in [-0.1, -0.05) is 6.08 Å². The number of hydrogen-bond acceptors (Lipinski definition) is 3. The Labute approximate surface area is 74.2 Å². The summed E-state index contributed by atoms with van der Waals surface area (Å²) in [5.74, 6) is 0. The first-order valence-electron chi connectivity index (χ1n) is 4.48. The zero-order valence-corrected chi connectivity index (χ0v) is 7.75. The van der Waals surface area contributed by atoms with E-state index in [1.165, 1.54) is 6.42 Å². The van der Waals surface area contributed by atoms with Crippen LogP contribution in [0.25, 0.3) is 0 Å². The van der Waals surface area contributed by atoms with E-state index in [0.717, 1.165) is 38.4 Å². The van der Waals surface area contributed by atoms with Gasteiger partial charge >= 0.3 is 0 Å². The van der Waals surface area contributed by atoms with Crippen LogP contribution in [-0.2, 0) is 4.74 Å². The molecule has 0 unspecified atom stereocenters. The molecule has 3 nitrogen and oxygen atoms in total. The highest BCUT2D eigenvalue weighted by Gasteiger charge is 2.06.